The summed E-state index contributed by atoms with van der Waals surface area (Å²) in [5, 5.41) is 4.62. The summed E-state index contributed by atoms with van der Waals surface area (Å²) in [7, 11) is 0. The van der Waals surface area contributed by atoms with E-state index in [1.165, 1.54) is 0 Å². The van der Waals surface area contributed by atoms with E-state index < -0.39 is 5.60 Å². The van der Waals surface area contributed by atoms with Crippen LogP contribution in [0, 0.1) is 5.41 Å². The van der Waals surface area contributed by atoms with Gasteiger partial charge in [0.15, 0.2) is 6.29 Å². The van der Waals surface area contributed by atoms with Crippen molar-refractivity contribution in [1.29, 1.82) is 0 Å². The zero-order chi connectivity index (χ0) is 16.8. The van der Waals surface area contributed by atoms with Crippen LogP contribution in [0.3, 0.4) is 0 Å². The molecule has 3 aliphatic rings. The Morgan fingerprint density at radius 1 is 1.29 bits per heavy atom. The largest absolute Gasteiger partial charge is 0.384 e. The molecule has 1 aromatic heterocycles. The summed E-state index contributed by atoms with van der Waals surface area (Å²) in [5.41, 5.74) is 7.42. The van der Waals surface area contributed by atoms with Gasteiger partial charge < -0.3 is 20.6 Å². The summed E-state index contributed by atoms with van der Waals surface area (Å²) in [6.07, 6.45) is 4.68. The maximum absolute atomic E-state index is 11.3. The summed E-state index contributed by atoms with van der Waals surface area (Å²) in [4.78, 5) is 15.7. The SMILES string of the molecule is Nc1cc(NCC23CCC(C=O)(CC2)OC3)c2ccc(Br)cc2n1. The first kappa shape index (κ1) is 15.8. The summed E-state index contributed by atoms with van der Waals surface area (Å²) >= 11 is 3.47. The molecule has 3 fully saturated rings. The smallest absolute Gasteiger partial charge is 0.151 e. The van der Waals surface area contributed by atoms with Gasteiger partial charge in [-0.25, -0.2) is 4.98 Å². The first-order valence-corrected chi connectivity index (χ1v) is 9.03. The van der Waals surface area contributed by atoms with Gasteiger partial charge in [-0.2, -0.15) is 0 Å². The van der Waals surface area contributed by atoms with E-state index in [-0.39, 0.29) is 5.41 Å². The molecule has 1 aromatic carbocycles. The van der Waals surface area contributed by atoms with Gasteiger partial charge in [0.25, 0.3) is 0 Å². The van der Waals surface area contributed by atoms with Crippen LogP contribution in [0.5, 0.6) is 0 Å². The van der Waals surface area contributed by atoms with Crippen molar-refractivity contribution in [3.63, 3.8) is 0 Å². The average molecular weight is 390 g/mol. The molecule has 3 heterocycles. The third-order valence-electron chi connectivity index (χ3n) is 5.48. The number of halogens is 1. The van der Waals surface area contributed by atoms with Crippen molar-refractivity contribution >= 4 is 44.6 Å². The van der Waals surface area contributed by atoms with Crippen molar-refractivity contribution in [2.45, 2.75) is 31.3 Å². The lowest BCUT2D eigenvalue weighted by Gasteiger charge is -2.51. The van der Waals surface area contributed by atoms with E-state index in [1.807, 2.05) is 24.3 Å². The molecule has 2 aliphatic heterocycles. The molecule has 2 bridgehead atoms. The normalized spacial score (nSPS) is 28.9. The fourth-order valence-electron chi connectivity index (χ4n) is 3.82. The van der Waals surface area contributed by atoms with E-state index in [0.29, 0.717) is 12.4 Å². The van der Waals surface area contributed by atoms with Gasteiger partial charge in [-0.3, -0.25) is 0 Å². The molecule has 2 aromatic rings. The number of aromatic nitrogens is 1. The standard InChI is InChI=1S/C18H20BrN3O2/c19-12-1-2-13-14(8-16(20)22-15(13)7-12)21-9-17-3-5-18(10-23,6-4-17)24-11-17/h1-2,7-8,10H,3-6,9,11H2,(H3,20,21,22). The summed E-state index contributed by atoms with van der Waals surface area (Å²) in [6, 6.07) is 7.90. The van der Waals surface area contributed by atoms with Crippen LogP contribution < -0.4 is 11.1 Å². The number of fused-ring (bicyclic) bond motifs is 4. The van der Waals surface area contributed by atoms with E-state index in [2.05, 4.69) is 26.2 Å². The number of anilines is 2. The minimum absolute atomic E-state index is 0.102. The molecule has 5 nitrogen and oxygen atoms in total. The highest BCUT2D eigenvalue weighted by Crippen LogP contribution is 2.48. The van der Waals surface area contributed by atoms with Crippen LogP contribution >= 0.6 is 15.9 Å². The van der Waals surface area contributed by atoms with Crippen LogP contribution in [-0.4, -0.2) is 30.0 Å². The van der Waals surface area contributed by atoms with Gasteiger partial charge in [0.05, 0.1) is 12.1 Å². The zero-order valence-electron chi connectivity index (χ0n) is 13.3. The lowest BCUT2D eigenvalue weighted by atomic mass is 9.66. The Hall–Kier alpha value is -1.66. The number of ether oxygens (including phenoxy) is 1. The Labute approximate surface area is 149 Å². The molecule has 0 radical (unpaired) electrons. The molecule has 2 saturated heterocycles. The Kier molecular flexibility index (Phi) is 3.77. The van der Waals surface area contributed by atoms with Crippen molar-refractivity contribution < 1.29 is 9.53 Å². The number of hydrogen-bond donors (Lipinski definition) is 2. The quantitative estimate of drug-likeness (QED) is 0.782. The van der Waals surface area contributed by atoms with Gasteiger partial charge in [-0.05, 0) is 43.9 Å². The molecule has 6 heteroatoms. The number of pyridine rings is 1. The summed E-state index contributed by atoms with van der Waals surface area (Å²) in [5.74, 6) is 0.504. The Balaban J connectivity index is 1.57. The van der Waals surface area contributed by atoms with E-state index >= 15 is 0 Å². The van der Waals surface area contributed by atoms with E-state index in [4.69, 9.17) is 10.5 Å². The van der Waals surface area contributed by atoms with Crippen LogP contribution in [0.4, 0.5) is 11.5 Å². The fourth-order valence-corrected chi connectivity index (χ4v) is 4.17. The first-order chi connectivity index (χ1) is 11.5. The molecule has 0 unspecified atom stereocenters. The van der Waals surface area contributed by atoms with Gasteiger partial charge in [-0.15, -0.1) is 0 Å². The molecule has 0 spiro atoms. The molecule has 3 N–H and O–H groups in total. The number of rotatable bonds is 4. The number of nitrogens with one attached hydrogen (secondary N) is 1. The highest BCUT2D eigenvalue weighted by atomic mass is 79.9. The van der Waals surface area contributed by atoms with Crippen molar-refractivity contribution in [2.75, 3.05) is 24.2 Å². The second-order valence-electron chi connectivity index (χ2n) is 7.08. The number of carbonyl (C=O) groups excluding carboxylic acids is 1. The van der Waals surface area contributed by atoms with Gasteiger partial charge in [0, 0.05) is 33.6 Å². The topological polar surface area (TPSA) is 77.2 Å². The maximum atomic E-state index is 11.3. The first-order valence-electron chi connectivity index (χ1n) is 8.23. The number of aldehydes is 1. The van der Waals surface area contributed by atoms with Crippen LogP contribution in [0.1, 0.15) is 25.7 Å². The number of nitrogens with two attached hydrogens (primary N) is 1. The van der Waals surface area contributed by atoms with E-state index in [0.717, 1.165) is 59.6 Å². The fraction of sp³-hybridized carbons (Fsp3) is 0.444. The third-order valence-corrected chi connectivity index (χ3v) is 5.98. The van der Waals surface area contributed by atoms with Gasteiger partial charge in [0.1, 0.15) is 11.4 Å². The highest BCUT2D eigenvalue weighted by Gasteiger charge is 2.49. The van der Waals surface area contributed by atoms with E-state index in [1.54, 1.807) is 0 Å². The summed E-state index contributed by atoms with van der Waals surface area (Å²) < 4.78 is 6.86. The molecular formula is C18H20BrN3O2. The van der Waals surface area contributed by atoms with Crippen LogP contribution in [0.15, 0.2) is 28.7 Å². The number of hydrogen-bond acceptors (Lipinski definition) is 5. The summed E-state index contributed by atoms with van der Waals surface area (Å²) in [6.45, 7) is 1.46. The highest BCUT2D eigenvalue weighted by molar-refractivity contribution is 9.10. The van der Waals surface area contributed by atoms with E-state index in [9.17, 15) is 4.79 Å². The Morgan fingerprint density at radius 3 is 2.75 bits per heavy atom. The van der Waals surface area contributed by atoms with Gasteiger partial charge in [-0.1, -0.05) is 15.9 Å². The Morgan fingerprint density at radius 2 is 2.08 bits per heavy atom. The third kappa shape index (κ3) is 2.67. The van der Waals surface area contributed by atoms with Crippen LogP contribution in [0.25, 0.3) is 10.9 Å². The van der Waals surface area contributed by atoms with Gasteiger partial charge in [0.2, 0.25) is 0 Å². The predicted molar refractivity (Wildman–Crippen MR) is 98.0 cm³/mol. The minimum Gasteiger partial charge on any atom is -0.384 e. The van der Waals surface area contributed by atoms with Crippen LogP contribution in [-0.2, 0) is 9.53 Å². The second kappa shape index (κ2) is 5.70. The van der Waals surface area contributed by atoms with Crippen molar-refractivity contribution in [3.8, 4) is 0 Å². The number of benzene rings is 1. The number of nitrogen functional groups attached to an aromatic ring is 1. The second-order valence-corrected chi connectivity index (χ2v) is 8.00. The lowest BCUT2D eigenvalue weighted by Crippen LogP contribution is -2.54. The van der Waals surface area contributed by atoms with Crippen LogP contribution in [0.2, 0.25) is 0 Å². The van der Waals surface area contributed by atoms with Gasteiger partial charge >= 0.3 is 0 Å². The molecule has 126 valence electrons. The van der Waals surface area contributed by atoms with Crippen molar-refractivity contribution in [1.82, 2.24) is 4.98 Å². The monoisotopic (exact) mass is 389 g/mol. The molecule has 0 amide bonds. The molecule has 0 atom stereocenters. The predicted octanol–water partition coefficient (Wildman–Crippen LogP) is 3.52. The number of nitrogens with zero attached hydrogens (tertiary/aromatic N) is 1. The zero-order valence-corrected chi connectivity index (χ0v) is 14.9. The molecular weight excluding hydrogens is 370 g/mol. The molecule has 1 saturated carbocycles. The lowest BCUT2D eigenvalue weighted by molar-refractivity contribution is -0.178. The Bertz CT molecular complexity index is 778. The minimum atomic E-state index is -0.512. The molecule has 5 rings (SSSR count). The van der Waals surface area contributed by atoms with Crippen molar-refractivity contribution in [3.05, 3.63) is 28.7 Å². The van der Waals surface area contributed by atoms with Crippen molar-refractivity contribution in [2.24, 2.45) is 5.41 Å². The molecule has 24 heavy (non-hydrogen) atoms. The maximum Gasteiger partial charge on any atom is 0.151 e. The average Bonchev–Trinajstić information content (AvgIpc) is 2.61. The molecule has 1 aliphatic carbocycles. The number of carbonyl (C=O) groups is 1.